The second-order valence-electron chi connectivity index (χ2n) is 5.05. The van der Waals surface area contributed by atoms with Gasteiger partial charge in [-0.2, -0.15) is 0 Å². The molecule has 0 spiro atoms. The summed E-state index contributed by atoms with van der Waals surface area (Å²) in [6, 6.07) is 17.9. The summed E-state index contributed by atoms with van der Waals surface area (Å²) >= 11 is 7.45. The number of benzene rings is 2. The van der Waals surface area contributed by atoms with Crippen molar-refractivity contribution in [2.24, 2.45) is 0 Å². The van der Waals surface area contributed by atoms with Crippen LogP contribution in [-0.2, 0) is 11.2 Å². The third-order valence-corrected chi connectivity index (χ3v) is 4.35. The summed E-state index contributed by atoms with van der Waals surface area (Å²) in [4.78, 5) is 11.7. The molecule has 0 fully saturated rings. The number of carbonyl (C=O) groups is 1. The fourth-order valence-electron chi connectivity index (χ4n) is 2.02. The molecule has 2 rings (SSSR count). The molecule has 0 aliphatic rings. The Bertz CT molecular complexity index is 626. The maximum absolute atomic E-state index is 11.7. The second kappa shape index (κ2) is 10.1. The van der Waals surface area contributed by atoms with Gasteiger partial charge >= 0.3 is 0 Å². The molecule has 0 aliphatic heterocycles. The van der Waals surface area contributed by atoms with E-state index in [0.29, 0.717) is 12.3 Å². The molecule has 120 valence electrons. The molecular formula is C19H20ClNOS. The van der Waals surface area contributed by atoms with Crippen LogP contribution in [0.2, 0.25) is 5.02 Å². The van der Waals surface area contributed by atoms with E-state index >= 15 is 0 Å². The lowest BCUT2D eigenvalue weighted by Crippen LogP contribution is -2.27. The summed E-state index contributed by atoms with van der Waals surface area (Å²) in [5.41, 5.74) is 2.36. The van der Waals surface area contributed by atoms with Gasteiger partial charge in [-0.3, -0.25) is 4.79 Å². The van der Waals surface area contributed by atoms with Gasteiger partial charge in [0.25, 0.3) is 0 Å². The van der Waals surface area contributed by atoms with Crippen molar-refractivity contribution in [3.63, 3.8) is 0 Å². The van der Waals surface area contributed by atoms with Gasteiger partial charge in [-0.1, -0.05) is 66.2 Å². The summed E-state index contributed by atoms with van der Waals surface area (Å²) < 4.78 is 0. The van der Waals surface area contributed by atoms with Gasteiger partial charge in [-0.25, -0.2) is 0 Å². The average Bonchev–Trinajstić information content (AvgIpc) is 2.57. The molecule has 4 heteroatoms. The van der Waals surface area contributed by atoms with Crippen LogP contribution in [0.5, 0.6) is 0 Å². The fourth-order valence-corrected chi connectivity index (χ4v) is 2.78. The van der Waals surface area contributed by atoms with Gasteiger partial charge in [0.1, 0.15) is 0 Å². The zero-order valence-electron chi connectivity index (χ0n) is 12.9. The highest BCUT2D eigenvalue weighted by molar-refractivity contribution is 8.00. The fraction of sp³-hybridized carbons (Fsp3) is 0.211. The van der Waals surface area contributed by atoms with E-state index in [1.54, 1.807) is 11.8 Å². The Kier molecular flexibility index (Phi) is 7.78. The first-order valence-corrected chi connectivity index (χ1v) is 9.08. The lowest BCUT2D eigenvalue weighted by atomic mass is 10.1. The zero-order valence-corrected chi connectivity index (χ0v) is 14.4. The molecule has 0 aromatic heterocycles. The van der Waals surface area contributed by atoms with Gasteiger partial charge in [0, 0.05) is 17.3 Å². The minimum atomic E-state index is 0.0806. The Morgan fingerprint density at radius 1 is 1.09 bits per heavy atom. The van der Waals surface area contributed by atoms with Crippen LogP contribution in [0.3, 0.4) is 0 Å². The van der Waals surface area contributed by atoms with Gasteiger partial charge in [-0.05, 0) is 29.7 Å². The van der Waals surface area contributed by atoms with E-state index < -0.39 is 0 Å². The highest BCUT2D eigenvalue weighted by atomic mass is 35.5. The van der Waals surface area contributed by atoms with Crippen LogP contribution in [0.25, 0.3) is 6.08 Å². The molecule has 0 heterocycles. The molecular weight excluding hydrogens is 326 g/mol. The topological polar surface area (TPSA) is 29.1 Å². The molecule has 2 nitrogen and oxygen atoms in total. The lowest BCUT2D eigenvalue weighted by molar-refractivity contribution is -0.118. The highest BCUT2D eigenvalue weighted by Crippen LogP contribution is 2.09. The largest absolute Gasteiger partial charge is 0.355 e. The summed E-state index contributed by atoms with van der Waals surface area (Å²) in [7, 11) is 0. The van der Waals surface area contributed by atoms with Gasteiger partial charge in [0.05, 0.1) is 5.75 Å². The van der Waals surface area contributed by atoms with Crippen LogP contribution < -0.4 is 5.32 Å². The quantitative estimate of drug-likeness (QED) is 0.716. The normalized spacial score (nSPS) is 10.8. The first-order valence-electron chi connectivity index (χ1n) is 7.54. The van der Waals surface area contributed by atoms with Crippen LogP contribution in [0.1, 0.15) is 11.1 Å². The van der Waals surface area contributed by atoms with Crippen molar-refractivity contribution in [1.29, 1.82) is 0 Å². The van der Waals surface area contributed by atoms with Crippen molar-refractivity contribution in [2.75, 3.05) is 18.1 Å². The Balaban J connectivity index is 1.56. The standard InChI is InChI=1S/C19H20ClNOS/c20-18-10-8-17(9-11-18)12-13-21-19(22)15-23-14-4-7-16-5-2-1-3-6-16/h1-11H,12-15H2,(H,21,22)/b7-4+. The van der Waals surface area contributed by atoms with Crippen molar-refractivity contribution in [3.05, 3.63) is 76.8 Å². The van der Waals surface area contributed by atoms with E-state index in [1.807, 2.05) is 42.5 Å². The Morgan fingerprint density at radius 2 is 1.83 bits per heavy atom. The second-order valence-corrected chi connectivity index (χ2v) is 6.52. The minimum Gasteiger partial charge on any atom is -0.355 e. The molecule has 0 saturated carbocycles. The molecule has 0 aliphatic carbocycles. The molecule has 1 N–H and O–H groups in total. The lowest BCUT2D eigenvalue weighted by Gasteiger charge is -2.05. The Morgan fingerprint density at radius 3 is 2.57 bits per heavy atom. The molecule has 0 atom stereocenters. The number of rotatable bonds is 8. The maximum atomic E-state index is 11.7. The molecule has 0 bridgehead atoms. The average molecular weight is 346 g/mol. The number of hydrogen-bond acceptors (Lipinski definition) is 2. The van der Waals surface area contributed by atoms with E-state index in [9.17, 15) is 4.79 Å². The first-order chi connectivity index (χ1) is 11.2. The van der Waals surface area contributed by atoms with Crippen molar-refractivity contribution < 1.29 is 4.79 Å². The first kappa shape index (κ1) is 17.6. The monoisotopic (exact) mass is 345 g/mol. The van der Waals surface area contributed by atoms with Gasteiger partial charge in [-0.15, -0.1) is 11.8 Å². The summed E-state index contributed by atoms with van der Waals surface area (Å²) in [6.07, 6.45) is 4.98. The van der Waals surface area contributed by atoms with E-state index in [4.69, 9.17) is 11.6 Å². The number of amides is 1. The SMILES string of the molecule is O=C(CSC/C=C/c1ccccc1)NCCc1ccc(Cl)cc1. The molecule has 1 amide bonds. The third-order valence-electron chi connectivity index (χ3n) is 3.21. The smallest absolute Gasteiger partial charge is 0.230 e. The van der Waals surface area contributed by atoms with Crippen LogP contribution in [0, 0.1) is 0 Å². The van der Waals surface area contributed by atoms with Crippen LogP contribution in [0.4, 0.5) is 0 Å². The predicted octanol–water partition coefficient (Wildman–Crippen LogP) is 4.45. The number of halogens is 1. The summed E-state index contributed by atoms with van der Waals surface area (Å²) in [6.45, 7) is 0.654. The Hall–Kier alpha value is -1.71. The van der Waals surface area contributed by atoms with E-state index in [1.165, 1.54) is 11.1 Å². The van der Waals surface area contributed by atoms with Crippen molar-refractivity contribution in [2.45, 2.75) is 6.42 Å². The van der Waals surface area contributed by atoms with Gasteiger partial charge in [0.15, 0.2) is 0 Å². The minimum absolute atomic E-state index is 0.0806. The third kappa shape index (κ3) is 7.40. The van der Waals surface area contributed by atoms with Crippen LogP contribution >= 0.6 is 23.4 Å². The van der Waals surface area contributed by atoms with Crippen molar-refractivity contribution in [1.82, 2.24) is 5.32 Å². The molecule has 2 aromatic carbocycles. The molecule has 0 saturated heterocycles. The van der Waals surface area contributed by atoms with Crippen LogP contribution in [-0.4, -0.2) is 24.0 Å². The van der Waals surface area contributed by atoms with E-state index in [2.05, 4.69) is 29.6 Å². The van der Waals surface area contributed by atoms with Gasteiger partial charge in [0.2, 0.25) is 5.91 Å². The van der Waals surface area contributed by atoms with Crippen molar-refractivity contribution in [3.8, 4) is 0 Å². The summed E-state index contributed by atoms with van der Waals surface area (Å²) in [5.74, 6) is 1.40. The van der Waals surface area contributed by atoms with E-state index in [0.717, 1.165) is 17.2 Å². The van der Waals surface area contributed by atoms with Crippen molar-refractivity contribution >= 4 is 35.3 Å². The number of thioether (sulfide) groups is 1. The number of carbonyl (C=O) groups excluding carboxylic acids is 1. The van der Waals surface area contributed by atoms with Crippen LogP contribution in [0.15, 0.2) is 60.7 Å². The molecule has 0 unspecified atom stereocenters. The summed E-state index contributed by atoms with van der Waals surface area (Å²) in [5, 5.41) is 3.67. The molecule has 0 radical (unpaired) electrons. The van der Waals surface area contributed by atoms with E-state index in [-0.39, 0.29) is 5.91 Å². The predicted molar refractivity (Wildman–Crippen MR) is 101 cm³/mol. The molecule has 23 heavy (non-hydrogen) atoms. The van der Waals surface area contributed by atoms with Gasteiger partial charge < -0.3 is 5.32 Å². The maximum Gasteiger partial charge on any atom is 0.230 e. The Labute approximate surface area is 146 Å². The zero-order chi connectivity index (χ0) is 16.3. The highest BCUT2D eigenvalue weighted by Gasteiger charge is 2.00. The molecule has 2 aromatic rings. The number of hydrogen-bond donors (Lipinski definition) is 1. The number of nitrogens with one attached hydrogen (secondary N) is 1.